The molecule has 0 radical (unpaired) electrons. The molecule has 1 atom stereocenters. The van der Waals surface area contributed by atoms with Gasteiger partial charge in [-0.2, -0.15) is 0 Å². The van der Waals surface area contributed by atoms with Gasteiger partial charge in [-0.15, -0.1) is 0 Å². The average molecular weight is 301 g/mol. The van der Waals surface area contributed by atoms with Crippen LogP contribution in [0, 0.1) is 0 Å². The highest BCUT2D eigenvalue weighted by Crippen LogP contribution is 2.43. The van der Waals surface area contributed by atoms with E-state index in [1.54, 1.807) is 0 Å². The molecule has 0 bridgehead atoms. The van der Waals surface area contributed by atoms with Gasteiger partial charge in [-0.05, 0) is 49.0 Å². The molecule has 0 saturated heterocycles. The highest BCUT2D eigenvalue weighted by atomic mass is 15.3. The topological polar surface area (TPSA) is 29.9 Å². The lowest BCUT2D eigenvalue weighted by Gasteiger charge is -2.34. The maximum Gasteiger partial charge on any atom is 0.209 e. The number of imidazole rings is 1. The highest BCUT2D eigenvalue weighted by Gasteiger charge is 2.32. The molecule has 1 aliphatic heterocycles. The number of para-hydroxylation sites is 2. The van der Waals surface area contributed by atoms with Gasteiger partial charge in [-0.25, -0.2) is 4.98 Å². The number of hydrogen-bond donors (Lipinski definition) is 1. The fraction of sp³-hybridized carbons (Fsp3) is 0.250. The third-order valence-electron chi connectivity index (χ3n) is 5.07. The molecule has 114 valence electrons. The predicted molar refractivity (Wildman–Crippen MR) is 93.4 cm³/mol. The van der Waals surface area contributed by atoms with Gasteiger partial charge >= 0.3 is 0 Å². The van der Waals surface area contributed by atoms with Crippen LogP contribution in [0.25, 0.3) is 11.0 Å². The Balaban J connectivity index is 1.80. The lowest BCUT2D eigenvalue weighted by molar-refractivity contribution is 0.564. The van der Waals surface area contributed by atoms with Crippen molar-refractivity contribution in [1.29, 1.82) is 0 Å². The number of hydrogen-bond acceptors (Lipinski definition) is 2. The van der Waals surface area contributed by atoms with Crippen LogP contribution in [0.1, 0.15) is 37.3 Å². The van der Waals surface area contributed by atoms with Crippen LogP contribution in [0.3, 0.4) is 0 Å². The number of aromatic nitrogens is 2. The summed E-state index contributed by atoms with van der Waals surface area (Å²) in [4.78, 5) is 4.84. The first-order chi connectivity index (χ1) is 11.4. The van der Waals surface area contributed by atoms with E-state index < -0.39 is 0 Å². The molecule has 1 aliphatic carbocycles. The van der Waals surface area contributed by atoms with Crippen LogP contribution in [0.15, 0.2) is 65.9 Å². The van der Waals surface area contributed by atoms with E-state index in [0.717, 1.165) is 17.9 Å². The monoisotopic (exact) mass is 301 g/mol. The third-order valence-corrected chi connectivity index (χ3v) is 5.07. The summed E-state index contributed by atoms with van der Waals surface area (Å²) in [6, 6.07) is 19.6. The molecule has 3 aromatic rings. The van der Waals surface area contributed by atoms with Crippen molar-refractivity contribution >= 4 is 17.0 Å². The second-order valence-corrected chi connectivity index (χ2v) is 6.44. The summed E-state index contributed by atoms with van der Waals surface area (Å²) in [7, 11) is 0. The molecule has 23 heavy (non-hydrogen) atoms. The fourth-order valence-electron chi connectivity index (χ4n) is 4.04. The van der Waals surface area contributed by atoms with Crippen molar-refractivity contribution in [2.45, 2.75) is 31.7 Å². The zero-order valence-electron chi connectivity index (χ0n) is 13.0. The first-order valence-electron chi connectivity index (χ1n) is 8.43. The summed E-state index contributed by atoms with van der Waals surface area (Å²) in [6.07, 6.45) is 4.87. The average Bonchev–Trinajstić information content (AvgIpc) is 2.98. The van der Waals surface area contributed by atoms with Crippen LogP contribution >= 0.6 is 0 Å². The number of anilines is 1. The van der Waals surface area contributed by atoms with E-state index in [0.29, 0.717) is 0 Å². The Labute approximate surface area is 135 Å². The third kappa shape index (κ3) is 1.93. The second kappa shape index (κ2) is 4.98. The minimum absolute atomic E-state index is 0.273. The fourth-order valence-corrected chi connectivity index (χ4v) is 4.04. The maximum absolute atomic E-state index is 4.84. The summed E-state index contributed by atoms with van der Waals surface area (Å²) in [6.45, 7) is 0. The van der Waals surface area contributed by atoms with Crippen molar-refractivity contribution in [3.63, 3.8) is 0 Å². The van der Waals surface area contributed by atoms with Gasteiger partial charge in [-0.1, -0.05) is 42.5 Å². The van der Waals surface area contributed by atoms with Gasteiger partial charge in [0.1, 0.15) is 0 Å². The van der Waals surface area contributed by atoms with Crippen molar-refractivity contribution in [1.82, 2.24) is 9.55 Å². The van der Waals surface area contributed by atoms with Crippen LogP contribution in [-0.2, 0) is 0 Å². The van der Waals surface area contributed by atoms with Gasteiger partial charge < -0.3 is 5.32 Å². The van der Waals surface area contributed by atoms with Crippen molar-refractivity contribution in [3.8, 4) is 0 Å². The van der Waals surface area contributed by atoms with E-state index in [1.165, 1.54) is 41.6 Å². The quantitative estimate of drug-likeness (QED) is 0.694. The van der Waals surface area contributed by atoms with E-state index >= 15 is 0 Å². The molecule has 1 N–H and O–H groups in total. The molecule has 3 heteroatoms. The summed E-state index contributed by atoms with van der Waals surface area (Å²) in [5, 5.41) is 3.62. The maximum atomic E-state index is 4.84. The second-order valence-electron chi connectivity index (χ2n) is 6.44. The van der Waals surface area contributed by atoms with Crippen LogP contribution in [-0.4, -0.2) is 9.55 Å². The standard InChI is InChI=1S/C20H19N3/c1-2-8-14(9-3-1)19-15-10-4-5-11-16(15)21-20-22-17-12-6-7-13-18(17)23(19)20/h1-3,6-9,12-13,19H,4-5,10-11H2,(H,21,22)/t19-/m0/s1. The molecule has 5 rings (SSSR count). The number of allylic oxidation sites excluding steroid dienone is 2. The van der Waals surface area contributed by atoms with Crippen molar-refractivity contribution in [3.05, 3.63) is 71.4 Å². The van der Waals surface area contributed by atoms with Gasteiger partial charge in [0.05, 0.1) is 17.1 Å². The Hall–Kier alpha value is -2.55. The van der Waals surface area contributed by atoms with Crippen LogP contribution in [0.4, 0.5) is 5.95 Å². The molecule has 0 fully saturated rings. The lowest BCUT2D eigenvalue weighted by atomic mass is 9.86. The normalized spacial score (nSPS) is 20.1. The van der Waals surface area contributed by atoms with Crippen molar-refractivity contribution in [2.75, 3.05) is 5.32 Å². The SMILES string of the molecule is c1ccc([C@H]2C3=C(CCCC3)Nc3nc4ccccc4n32)cc1. The molecule has 2 aromatic carbocycles. The Morgan fingerprint density at radius 2 is 1.70 bits per heavy atom. The number of nitrogens with one attached hydrogen (secondary N) is 1. The first-order valence-corrected chi connectivity index (χ1v) is 8.43. The number of rotatable bonds is 1. The molecule has 0 spiro atoms. The van der Waals surface area contributed by atoms with E-state index in [9.17, 15) is 0 Å². The summed E-state index contributed by atoms with van der Waals surface area (Å²) in [5.41, 5.74) is 6.57. The Kier molecular flexibility index (Phi) is 2.80. The molecular weight excluding hydrogens is 282 g/mol. The lowest BCUT2D eigenvalue weighted by Crippen LogP contribution is -2.26. The van der Waals surface area contributed by atoms with Crippen LogP contribution in [0.5, 0.6) is 0 Å². The number of benzene rings is 2. The van der Waals surface area contributed by atoms with E-state index in [4.69, 9.17) is 4.98 Å². The van der Waals surface area contributed by atoms with E-state index in [1.807, 2.05) is 0 Å². The minimum atomic E-state index is 0.273. The Bertz CT molecular complexity index is 905. The smallest absolute Gasteiger partial charge is 0.209 e. The summed E-state index contributed by atoms with van der Waals surface area (Å²) < 4.78 is 2.38. The largest absolute Gasteiger partial charge is 0.329 e. The van der Waals surface area contributed by atoms with Crippen LogP contribution < -0.4 is 5.32 Å². The van der Waals surface area contributed by atoms with Gasteiger partial charge in [-0.3, -0.25) is 4.57 Å². The molecule has 2 heterocycles. The zero-order valence-corrected chi connectivity index (χ0v) is 13.0. The molecule has 0 unspecified atom stereocenters. The van der Waals surface area contributed by atoms with Crippen molar-refractivity contribution in [2.24, 2.45) is 0 Å². The molecule has 0 saturated carbocycles. The summed E-state index contributed by atoms with van der Waals surface area (Å²) >= 11 is 0. The number of fused-ring (bicyclic) bond motifs is 3. The van der Waals surface area contributed by atoms with Gasteiger partial charge in [0.15, 0.2) is 0 Å². The van der Waals surface area contributed by atoms with Crippen LogP contribution in [0.2, 0.25) is 0 Å². The summed E-state index contributed by atoms with van der Waals surface area (Å²) in [5.74, 6) is 0.987. The molecule has 1 aromatic heterocycles. The zero-order chi connectivity index (χ0) is 15.2. The molecule has 2 aliphatic rings. The van der Waals surface area contributed by atoms with E-state index in [-0.39, 0.29) is 6.04 Å². The van der Waals surface area contributed by atoms with Gasteiger partial charge in [0.2, 0.25) is 5.95 Å². The predicted octanol–water partition coefficient (Wildman–Crippen LogP) is 4.88. The first kappa shape index (κ1) is 12.9. The van der Waals surface area contributed by atoms with Crippen molar-refractivity contribution < 1.29 is 0 Å². The van der Waals surface area contributed by atoms with Gasteiger partial charge in [0.25, 0.3) is 0 Å². The van der Waals surface area contributed by atoms with E-state index in [2.05, 4.69) is 64.5 Å². The molecule has 3 nitrogen and oxygen atoms in total. The Morgan fingerprint density at radius 1 is 0.913 bits per heavy atom. The molecule has 0 amide bonds. The molecular formula is C20H19N3. The Morgan fingerprint density at radius 3 is 2.61 bits per heavy atom. The number of nitrogens with zero attached hydrogens (tertiary/aromatic N) is 2. The van der Waals surface area contributed by atoms with Gasteiger partial charge in [0, 0.05) is 5.70 Å². The highest BCUT2D eigenvalue weighted by molar-refractivity contribution is 5.80. The minimum Gasteiger partial charge on any atom is -0.329 e.